The van der Waals surface area contributed by atoms with Crippen LogP contribution < -0.4 is 0 Å². The third-order valence-corrected chi connectivity index (χ3v) is 5.89. The molecule has 3 aromatic rings. The molecule has 154 valence electrons. The van der Waals surface area contributed by atoms with Crippen LogP contribution in [0, 0.1) is 5.41 Å². The number of hydrogen-bond donors (Lipinski definition) is 0. The smallest absolute Gasteiger partial charge is 0.229 e. The molecule has 1 aromatic carbocycles. The van der Waals surface area contributed by atoms with Crippen molar-refractivity contribution >= 4 is 5.91 Å². The van der Waals surface area contributed by atoms with Gasteiger partial charge in [0.1, 0.15) is 0 Å². The molecule has 0 bridgehead atoms. The molecule has 3 heterocycles. The van der Waals surface area contributed by atoms with E-state index in [9.17, 15) is 4.79 Å². The number of rotatable bonds is 6. The average Bonchev–Trinajstić information content (AvgIpc) is 3.18. The van der Waals surface area contributed by atoms with Crippen molar-refractivity contribution in [2.45, 2.75) is 19.4 Å². The molecular weight excluding hydrogens is 372 g/mol. The summed E-state index contributed by atoms with van der Waals surface area (Å²) in [7, 11) is 3.72. The first-order valence-corrected chi connectivity index (χ1v) is 10.4. The van der Waals surface area contributed by atoms with Gasteiger partial charge in [-0.15, -0.1) is 0 Å². The largest absolute Gasteiger partial charge is 0.348 e. The molecule has 0 radical (unpaired) electrons. The van der Waals surface area contributed by atoms with Gasteiger partial charge in [0.15, 0.2) is 0 Å². The van der Waals surface area contributed by atoms with E-state index in [1.807, 2.05) is 38.6 Å². The standard InChI is InChI=1S/C25H28N4O/c1-28(2)24(30)25(10-13-29(19-25)18-21-7-4-11-26-16-21)15-20-6-3-8-22(14-20)23-9-5-12-27-17-23/h3-9,11-12,14,16-17H,10,13,15,18-19H2,1-2H3. The van der Waals surface area contributed by atoms with Gasteiger partial charge in [0.05, 0.1) is 5.41 Å². The molecule has 1 amide bonds. The van der Waals surface area contributed by atoms with Gasteiger partial charge in [-0.25, -0.2) is 0 Å². The van der Waals surface area contributed by atoms with Crippen molar-refractivity contribution in [1.82, 2.24) is 19.8 Å². The zero-order chi connectivity index (χ0) is 21.0. The summed E-state index contributed by atoms with van der Waals surface area (Å²) in [4.78, 5) is 25.9. The van der Waals surface area contributed by atoms with E-state index in [4.69, 9.17) is 0 Å². The van der Waals surface area contributed by atoms with Gasteiger partial charge in [0.2, 0.25) is 5.91 Å². The summed E-state index contributed by atoms with van der Waals surface area (Å²) in [6, 6.07) is 16.6. The van der Waals surface area contributed by atoms with Crippen LogP contribution in [0.5, 0.6) is 0 Å². The summed E-state index contributed by atoms with van der Waals surface area (Å²) in [5, 5.41) is 0. The highest BCUT2D eigenvalue weighted by molar-refractivity contribution is 5.83. The van der Waals surface area contributed by atoms with Crippen LogP contribution in [0.15, 0.2) is 73.3 Å². The summed E-state index contributed by atoms with van der Waals surface area (Å²) in [6.45, 7) is 2.50. The second-order valence-electron chi connectivity index (χ2n) is 8.42. The van der Waals surface area contributed by atoms with Crippen LogP contribution in [0.25, 0.3) is 11.1 Å². The number of hydrogen-bond acceptors (Lipinski definition) is 4. The van der Waals surface area contributed by atoms with Crippen LogP contribution in [0.2, 0.25) is 0 Å². The van der Waals surface area contributed by atoms with Gasteiger partial charge in [-0.2, -0.15) is 0 Å². The third kappa shape index (κ3) is 4.41. The Morgan fingerprint density at radius 2 is 1.73 bits per heavy atom. The molecule has 1 saturated heterocycles. The van der Waals surface area contributed by atoms with E-state index in [-0.39, 0.29) is 5.91 Å². The number of likely N-dealkylation sites (tertiary alicyclic amines) is 1. The normalized spacial score (nSPS) is 19.0. The molecule has 2 aromatic heterocycles. The van der Waals surface area contributed by atoms with Crippen LogP contribution in [-0.4, -0.2) is 52.9 Å². The third-order valence-electron chi connectivity index (χ3n) is 5.89. The summed E-state index contributed by atoms with van der Waals surface area (Å²) in [5.41, 5.74) is 4.20. The molecule has 30 heavy (non-hydrogen) atoms. The van der Waals surface area contributed by atoms with Crippen molar-refractivity contribution in [2.24, 2.45) is 5.41 Å². The summed E-state index contributed by atoms with van der Waals surface area (Å²) in [6.07, 6.45) is 8.97. The molecule has 5 heteroatoms. The Morgan fingerprint density at radius 1 is 1.00 bits per heavy atom. The fraction of sp³-hybridized carbons (Fsp3) is 0.320. The van der Waals surface area contributed by atoms with Gasteiger partial charge in [0, 0.05) is 52.0 Å². The fourth-order valence-corrected chi connectivity index (χ4v) is 4.50. The molecule has 1 aliphatic heterocycles. The zero-order valence-electron chi connectivity index (χ0n) is 17.7. The number of amides is 1. The Kier molecular flexibility index (Phi) is 5.91. The lowest BCUT2D eigenvalue weighted by molar-refractivity contribution is -0.138. The number of aromatic nitrogens is 2. The second-order valence-corrected chi connectivity index (χ2v) is 8.42. The number of carbonyl (C=O) groups is 1. The number of benzene rings is 1. The molecule has 4 rings (SSSR count). The maximum Gasteiger partial charge on any atom is 0.229 e. The van der Waals surface area contributed by atoms with Crippen LogP contribution in [-0.2, 0) is 17.8 Å². The maximum atomic E-state index is 13.3. The van der Waals surface area contributed by atoms with Crippen molar-refractivity contribution < 1.29 is 4.79 Å². The van der Waals surface area contributed by atoms with Gasteiger partial charge in [-0.05, 0) is 53.8 Å². The minimum Gasteiger partial charge on any atom is -0.348 e. The first-order valence-electron chi connectivity index (χ1n) is 10.4. The lowest BCUT2D eigenvalue weighted by atomic mass is 9.79. The lowest BCUT2D eigenvalue weighted by Gasteiger charge is -2.31. The van der Waals surface area contributed by atoms with Gasteiger partial charge >= 0.3 is 0 Å². The van der Waals surface area contributed by atoms with Crippen molar-refractivity contribution in [3.8, 4) is 11.1 Å². The summed E-state index contributed by atoms with van der Waals surface area (Å²) >= 11 is 0. The molecule has 5 nitrogen and oxygen atoms in total. The van der Waals surface area contributed by atoms with E-state index in [0.29, 0.717) is 0 Å². The molecule has 0 saturated carbocycles. The lowest BCUT2D eigenvalue weighted by Crippen LogP contribution is -2.43. The summed E-state index contributed by atoms with van der Waals surface area (Å²) < 4.78 is 0. The highest BCUT2D eigenvalue weighted by Gasteiger charge is 2.45. The van der Waals surface area contributed by atoms with Gasteiger partial charge < -0.3 is 4.90 Å². The molecule has 0 N–H and O–H groups in total. The van der Waals surface area contributed by atoms with Gasteiger partial charge in [0.25, 0.3) is 0 Å². The quantitative estimate of drug-likeness (QED) is 0.634. The van der Waals surface area contributed by atoms with E-state index >= 15 is 0 Å². The predicted octanol–water partition coefficient (Wildman–Crippen LogP) is 3.67. The van der Waals surface area contributed by atoms with Crippen LogP contribution in [0.3, 0.4) is 0 Å². The Hall–Kier alpha value is -3.05. The van der Waals surface area contributed by atoms with E-state index in [1.165, 1.54) is 11.1 Å². The maximum absolute atomic E-state index is 13.3. The number of nitrogens with zero attached hydrogens (tertiary/aromatic N) is 4. The molecular formula is C25H28N4O. The second kappa shape index (κ2) is 8.76. The van der Waals surface area contributed by atoms with Crippen LogP contribution >= 0.6 is 0 Å². The molecule has 0 aliphatic carbocycles. The number of pyridine rings is 2. The van der Waals surface area contributed by atoms with Crippen molar-refractivity contribution in [1.29, 1.82) is 0 Å². The minimum absolute atomic E-state index is 0.211. The first-order chi connectivity index (χ1) is 14.6. The van der Waals surface area contributed by atoms with Gasteiger partial charge in [-0.1, -0.05) is 36.4 Å². The molecule has 1 aliphatic rings. The Balaban J connectivity index is 1.57. The van der Waals surface area contributed by atoms with Crippen molar-refractivity contribution in [2.75, 3.05) is 27.2 Å². The first kappa shape index (κ1) is 20.2. The van der Waals surface area contributed by atoms with E-state index in [1.54, 1.807) is 17.3 Å². The Morgan fingerprint density at radius 3 is 2.43 bits per heavy atom. The van der Waals surface area contributed by atoms with Crippen molar-refractivity contribution in [3.63, 3.8) is 0 Å². The predicted molar refractivity (Wildman–Crippen MR) is 119 cm³/mol. The highest BCUT2D eigenvalue weighted by Crippen LogP contribution is 2.37. The topological polar surface area (TPSA) is 49.3 Å². The molecule has 1 fully saturated rings. The average molecular weight is 401 g/mol. The Labute approximate surface area is 178 Å². The molecule has 1 atom stereocenters. The zero-order valence-corrected chi connectivity index (χ0v) is 17.7. The monoisotopic (exact) mass is 400 g/mol. The van der Waals surface area contributed by atoms with Crippen molar-refractivity contribution in [3.05, 3.63) is 84.4 Å². The van der Waals surface area contributed by atoms with Crippen LogP contribution in [0.1, 0.15) is 17.5 Å². The van der Waals surface area contributed by atoms with Gasteiger partial charge in [-0.3, -0.25) is 19.7 Å². The van der Waals surface area contributed by atoms with E-state index in [0.717, 1.165) is 43.6 Å². The Bertz CT molecular complexity index is 990. The summed E-state index contributed by atoms with van der Waals surface area (Å²) in [5.74, 6) is 0.211. The molecule has 1 unspecified atom stereocenters. The highest BCUT2D eigenvalue weighted by atomic mass is 16.2. The number of carbonyl (C=O) groups excluding carboxylic acids is 1. The molecule has 0 spiro atoms. The van der Waals surface area contributed by atoms with Crippen LogP contribution in [0.4, 0.5) is 0 Å². The fourth-order valence-electron chi connectivity index (χ4n) is 4.50. The SMILES string of the molecule is CN(C)C(=O)C1(Cc2cccc(-c3cccnc3)c2)CCN(Cc2cccnc2)C1. The minimum atomic E-state index is -0.404. The van der Waals surface area contributed by atoms with E-state index < -0.39 is 5.41 Å². The van der Waals surface area contributed by atoms with E-state index in [2.05, 4.69) is 51.3 Å².